The van der Waals surface area contributed by atoms with E-state index in [1.807, 2.05) is 17.7 Å². The van der Waals surface area contributed by atoms with Gasteiger partial charge in [0.2, 0.25) is 0 Å². The van der Waals surface area contributed by atoms with Gasteiger partial charge in [0.05, 0.1) is 0 Å². The maximum atomic E-state index is 8.51. The summed E-state index contributed by atoms with van der Waals surface area (Å²) in [6.45, 7) is 1.92. The van der Waals surface area contributed by atoms with Gasteiger partial charge in [-0.15, -0.1) is 10.2 Å². The lowest BCUT2D eigenvalue weighted by Crippen LogP contribution is -1.99. The molecule has 14 heavy (non-hydrogen) atoms. The fourth-order valence-corrected chi connectivity index (χ4v) is 1.99. The third-order valence-electron chi connectivity index (χ3n) is 1.43. The third kappa shape index (κ3) is 2.34. The standard InChI is InChI=1S/C7H5N5S2/c1-2-5-6(13-3-8)10-12-11-7(5)14-4-9/h2H2,1H3. The topological polar surface area (TPSA) is 86.2 Å². The highest BCUT2D eigenvalue weighted by molar-refractivity contribution is 8.04. The summed E-state index contributed by atoms with van der Waals surface area (Å²) in [6, 6.07) is 0. The van der Waals surface area contributed by atoms with Gasteiger partial charge in [0.15, 0.2) is 0 Å². The Bertz CT molecular complexity index is 371. The zero-order valence-corrected chi connectivity index (χ0v) is 8.89. The molecule has 0 saturated carbocycles. The van der Waals surface area contributed by atoms with Crippen molar-refractivity contribution in [2.24, 2.45) is 0 Å². The van der Waals surface area contributed by atoms with Crippen LogP contribution in [0.25, 0.3) is 0 Å². The van der Waals surface area contributed by atoms with Gasteiger partial charge in [0, 0.05) is 29.1 Å². The van der Waals surface area contributed by atoms with Gasteiger partial charge in [-0.2, -0.15) is 10.5 Å². The SMILES string of the molecule is CCc1c(SC#N)nnnc1SC#N. The first-order valence-corrected chi connectivity index (χ1v) is 5.30. The molecule has 1 rings (SSSR count). The Morgan fingerprint density at radius 1 is 1.14 bits per heavy atom. The summed E-state index contributed by atoms with van der Waals surface area (Å²) < 4.78 is 0. The van der Waals surface area contributed by atoms with E-state index in [0.717, 1.165) is 29.1 Å². The molecule has 0 aliphatic heterocycles. The van der Waals surface area contributed by atoms with Gasteiger partial charge in [0.1, 0.15) is 20.9 Å². The van der Waals surface area contributed by atoms with Crippen LogP contribution in [0.2, 0.25) is 0 Å². The van der Waals surface area contributed by atoms with Crippen molar-refractivity contribution in [2.45, 2.75) is 23.4 Å². The van der Waals surface area contributed by atoms with Crippen LogP contribution >= 0.6 is 23.5 Å². The van der Waals surface area contributed by atoms with Crippen LogP contribution in [0.4, 0.5) is 0 Å². The summed E-state index contributed by atoms with van der Waals surface area (Å²) in [6.07, 6.45) is 0.677. The first-order valence-electron chi connectivity index (χ1n) is 3.67. The molecule has 1 heterocycles. The fraction of sp³-hybridized carbons (Fsp3) is 0.286. The molecule has 70 valence electrons. The minimum absolute atomic E-state index is 0.530. The number of nitrogens with zero attached hydrogens (tertiary/aromatic N) is 5. The maximum absolute atomic E-state index is 8.51. The smallest absolute Gasteiger partial charge is 0.141 e. The van der Waals surface area contributed by atoms with Crippen LogP contribution in [0.5, 0.6) is 0 Å². The van der Waals surface area contributed by atoms with E-state index in [-0.39, 0.29) is 0 Å². The summed E-state index contributed by atoms with van der Waals surface area (Å²) >= 11 is 1.87. The van der Waals surface area contributed by atoms with Crippen molar-refractivity contribution in [1.82, 2.24) is 15.4 Å². The lowest BCUT2D eigenvalue weighted by Gasteiger charge is -2.02. The van der Waals surface area contributed by atoms with Crippen LogP contribution in [-0.2, 0) is 6.42 Å². The summed E-state index contributed by atoms with van der Waals surface area (Å²) in [4.78, 5) is 0. The normalized spacial score (nSPS) is 9.07. The van der Waals surface area contributed by atoms with Crippen molar-refractivity contribution >= 4 is 23.5 Å². The second-order valence-electron chi connectivity index (χ2n) is 2.12. The monoisotopic (exact) mass is 223 g/mol. The van der Waals surface area contributed by atoms with Crippen LogP contribution in [0, 0.1) is 21.3 Å². The van der Waals surface area contributed by atoms with E-state index in [1.54, 1.807) is 0 Å². The Hall–Kier alpha value is -1.31. The van der Waals surface area contributed by atoms with Crippen LogP contribution in [0.1, 0.15) is 12.5 Å². The number of rotatable bonds is 3. The zero-order chi connectivity index (χ0) is 10.4. The summed E-state index contributed by atoms with van der Waals surface area (Å²) in [7, 11) is 0. The quantitative estimate of drug-likeness (QED) is 0.568. The lowest BCUT2D eigenvalue weighted by atomic mass is 10.3. The zero-order valence-electron chi connectivity index (χ0n) is 7.26. The molecule has 0 aliphatic carbocycles. The average Bonchev–Trinajstić information content (AvgIpc) is 2.19. The van der Waals surface area contributed by atoms with Gasteiger partial charge in [-0.3, -0.25) is 0 Å². The van der Waals surface area contributed by atoms with Crippen molar-refractivity contribution in [2.75, 3.05) is 0 Å². The van der Waals surface area contributed by atoms with E-state index in [2.05, 4.69) is 15.4 Å². The first kappa shape index (κ1) is 10.8. The van der Waals surface area contributed by atoms with Gasteiger partial charge in [-0.1, -0.05) is 6.92 Å². The minimum atomic E-state index is 0.530. The number of hydrogen-bond acceptors (Lipinski definition) is 7. The molecule has 0 aliphatic rings. The van der Waals surface area contributed by atoms with E-state index in [9.17, 15) is 0 Å². The van der Waals surface area contributed by atoms with E-state index >= 15 is 0 Å². The van der Waals surface area contributed by atoms with E-state index in [0.29, 0.717) is 16.5 Å². The Morgan fingerprint density at radius 3 is 2.00 bits per heavy atom. The molecule has 0 spiro atoms. The highest BCUT2D eigenvalue weighted by Crippen LogP contribution is 2.26. The summed E-state index contributed by atoms with van der Waals surface area (Å²) in [5.41, 5.74) is 0.804. The third-order valence-corrected chi connectivity index (χ3v) is 2.65. The molecule has 7 heteroatoms. The van der Waals surface area contributed by atoms with Gasteiger partial charge in [0.25, 0.3) is 0 Å². The predicted molar refractivity (Wildman–Crippen MR) is 52.1 cm³/mol. The molecule has 0 atom stereocenters. The molecule has 1 aromatic rings. The number of thioether (sulfide) groups is 2. The second-order valence-corrected chi connectivity index (χ2v) is 3.67. The van der Waals surface area contributed by atoms with E-state index < -0.39 is 0 Å². The molecular weight excluding hydrogens is 218 g/mol. The highest BCUT2D eigenvalue weighted by atomic mass is 32.2. The number of nitriles is 2. The largest absolute Gasteiger partial charge is 0.185 e. The Morgan fingerprint density at radius 2 is 1.64 bits per heavy atom. The Labute approximate surface area is 89.5 Å². The van der Waals surface area contributed by atoms with Crippen LogP contribution in [-0.4, -0.2) is 15.4 Å². The molecule has 1 aromatic heterocycles. The van der Waals surface area contributed by atoms with Crippen molar-refractivity contribution in [1.29, 1.82) is 10.5 Å². The average molecular weight is 223 g/mol. The molecule has 0 radical (unpaired) electrons. The number of hydrogen-bond donors (Lipinski definition) is 0. The molecule has 5 nitrogen and oxygen atoms in total. The molecule has 0 saturated heterocycles. The van der Waals surface area contributed by atoms with Gasteiger partial charge < -0.3 is 0 Å². The first-order chi connectivity index (χ1) is 6.83. The van der Waals surface area contributed by atoms with Crippen LogP contribution < -0.4 is 0 Å². The van der Waals surface area contributed by atoms with Crippen molar-refractivity contribution in [3.8, 4) is 10.8 Å². The number of thiocyanates is 2. The second kappa shape index (κ2) is 5.43. The molecular formula is C7H5N5S2. The predicted octanol–water partition coefficient (Wildman–Crippen LogP) is 1.58. The van der Waals surface area contributed by atoms with Crippen LogP contribution in [0.15, 0.2) is 10.1 Å². The molecule has 0 aromatic carbocycles. The molecule has 0 fully saturated rings. The van der Waals surface area contributed by atoms with E-state index in [4.69, 9.17) is 10.5 Å². The maximum Gasteiger partial charge on any atom is 0.141 e. The van der Waals surface area contributed by atoms with Gasteiger partial charge in [-0.25, -0.2) is 0 Å². The fourth-order valence-electron chi connectivity index (χ4n) is 0.869. The molecule has 0 unspecified atom stereocenters. The lowest BCUT2D eigenvalue weighted by molar-refractivity contribution is 0.716. The Balaban J connectivity index is 3.13. The number of aromatic nitrogens is 3. The molecule has 0 bridgehead atoms. The van der Waals surface area contributed by atoms with Crippen LogP contribution in [0.3, 0.4) is 0 Å². The Kier molecular flexibility index (Phi) is 4.17. The molecule has 0 N–H and O–H groups in total. The minimum Gasteiger partial charge on any atom is -0.185 e. The van der Waals surface area contributed by atoms with Gasteiger partial charge in [-0.05, 0) is 11.6 Å². The summed E-state index contributed by atoms with van der Waals surface area (Å²) in [5.74, 6) is 0. The van der Waals surface area contributed by atoms with E-state index in [1.165, 1.54) is 0 Å². The van der Waals surface area contributed by atoms with Crippen molar-refractivity contribution in [3.63, 3.8) is 0 Å². The van der Waals surface area contributed by atoms with Crippen molar-refractivity contribution in [3.05, 3.63) is 5.56 Å². The molecule has 0 amide bonds. The highest BCUT2D eigenvalue weighted by Gasteiger charge is 2.11. The van der Waals surface area contributed by atoms with Gasteiger partial charge >= 0.3 is 0 Å². The van der Waals surface area contributed by atoms with Crippen molar-refractivity contribution < 1.29 is 0 Å². The summed E-state index contributed by atoms with van der Waals surface area (Å²) in [5, 5.41) is 32.9.